The van der Waals surface area contributed by atoms with Crippen LogP contribution in [0.2, 0.25) is 0 Å². The molecule has 1 unspecified atom stereocenters. The maximum Gasteiger partial charge on any atom is 0.233 e. The van der Waals surface area contributed by atoms with Crippen LogP contribution in [0.5, 0.6) is 0 Å². The summed E-state index contributed by atoms with van der Waals surface area (Å²) in [6, 6.07) is 7.05. The Kier molecular flexibility index (Phi) is 5.33. The lowest BCUT2D eigenvalue weighted by molar-refractivity contribution is -0.118. The van der Waals surface area contributed by atoms with Crippen LogP contribution in [0.15, 0.2) is 23.1 Å². The number of carbonyl (C=O) groups excluding carboxylic acids is 1. The van der Waals surface area contributed by atoms with Crippen molar-refractivity contribution in [1.82, 2.24) is 5.32 Å². The number of benzene rings is 1. The Hall–Kier alpha value is -1.87. The number of carbonyl (C=O) groups is 1. The van der Waals surface area contributed by atoms with Gasteiger partial charge < -0.3 is 11.1 Å². The second-order valence-corrected chi connectivity index (χ2v) is 5.14. The number of nitrogens with two attached hydrogens (primary N) is 1. The van der Waals surface area contributed by atoms with Crippen molar-refractivity contribution in [2.75, 3.05) is 18.0 Å². The molecule has 0 fully saturated rings. The van der Waals surface area contributed by atoms with Crippen LogP contribution < -0.4 is 11.1 Å². The molecular formula is C12H15N3O2S. The maximum atomic E-state index is 12.0. The molecule has 0 aromatic heterocycles. The smallest absolute Gasteiger partial charge is 0.233 e. The first kappa shape index (κ1) is 14.2. The van der Waals surface area contributed by atoms with Gasteiger partial charge >= 0.3 is 0 Å². The molecule has 0 aliphatic heterocycles. The van der Waals surface area contributed by atoms with Crippen LogP contribution in [0.1, 0.15) is 12.0 Å². The lowest BCUT2D eigenvalue weighted by Crippen LogP contribution is -2.29. The predicted molar refractivity (Wildman–Crippen MR) is 70.1 cm³/mol. The highest BCUT2D eigenvalue weighted by atomic mass is 32.2. The third kappa shape index (κ3) is 3.86. The number of amides is 1. The van der Waals surface area contributed by atoms with E-state index < -0.39 is 10.8 Å². The van der Waals surface area contributed by atoms with Crippen LogP contribution in [0, 0.1) is 18.3 Å². The molecule has 0 radical (unpaired) electrons. The maximum absolute atomic E-state index is 12.0. The van der Waals surface area contributed by atoms with E-state index in [1.54, 1.807) is 25.1 Å². The van der Waals surface area contributed by atoms with Crippen LogP contribution in [0.25, 0.3) is 0 Å². The Morgan fingerprint density at radius 1 is 1.56 bits per heavy atom. The van der Waals surface area contributed by atoms with E-state index in [0.717, 1.165) is 5.56 Å². The molecule has 0 saturated carbocycles. The van der Waals surface area contributed by atoms with Crippen molar-refractivity contribution in [3.8, 4) is 6.07 Å². The average Bonchev–Trinajstić information content (AvgIpc) is 2.32. The Labute approximate surface area is 108 Å². The van der Waals surface area contributed by atoms with Gasteiger partial charge in [0.2, 0.25) is 5.91 Å². The van der Waals surface area contributed by atoms with Gasteiger partial charge in [0.25, 0.3) is 0 Å². The van der Waals surface area contributed by atoms with Gasteiger partial charge in [-0.2, -0.15) is 5.26 Å². The van der Waals surface area contributed by atoms with Crippen molar-refractivity contribution in [2.24, 2.45) is 0 Å². The van der Waals surface area contributed by atoms with Gasteiger partial charge in [0.15, 0.2) is 0 Å². The van der Waals surface area contributed by atoms with E-state index in [1.165, 1.54) is 0 Å². The third-order valence-corrected chi connectivity index (χ3v) is 3.85. The highest BCUT2D eigenvalue weighted by molar-refractivity contribution is 7.85. The monoisotopic (exact) mass is 265 g/mol. The summed E-state index contributed by atoms with van der Waals surface area (Å²) in [6.07, 6.45) is 0.246. The van der Waals surface area contributed by atoms with Gasteiger partial charge in [0.1, 0.15) is 5.75 Å². The normalized spacial score (nSPS) is 11.6. The van der Waals surface area contributed by atoms with E-state index in [2.05, 4.69) is 5.32 Å². The van der Waals surface area contributed by atoms with E-state index in [0.29, 0.717) is 10.6 Å². The van der Waals surface area contributed by atoms with Gasteiger partial charge in [-0.3, -0.25) is 9.00 Å². The molecule has 0 heterocycles. The first-order valence-electron chi connectivity index (χ1n) is 5.43. The van der Waals surface area contributed by atoms with Crippen LogP contribution in [0.3, 0.4) is 0 Å². The molecule has 1 aromatic rings. The van der Waals surface area contributed by atoms with Gasteiger partial charge in [0, 0.05) is 17.1 Å². The lowest BCUT2D eigenvalue weighted by atomic mass is 10.2. The topological polar surface area (TPSA) is 96.0 Å². The van der Waals surface area contributed by atoms with E-state index in [-0.39, 0.29) is 24.6 Å². The van der Waals surface area contributed by atoms with E-state index in [9.17, 15) is 9.00 Å². The minimum Gasteiger partial charge on any atom is -0.398 e. The number of anilines is 1. The van der Waals surface area contributed by atoms with Crippen LogP contribution in [-0.2, 0) is 15.6 Å². The second kappa shape index (κ2) is 6.77. The molecule has 1 rings (SSSR count). The molecule has 1 aromatic carbocycles. The van der Waals surface area contributed by atoms with E-state index >= 15 is 0 Å². The Morgan fingerprint density at radius 3 is 2.94 bits per heavy atom. The van der Waals surface area contributed by atoms with Crippen molar-refractivity contribution in [1.29, 1.82) is 5.26 Å². The summed E-state index contributed by atoms with van der Waals surface area (Å²) in [7, 11) is -1.42. The molecule has 3 N–H and O–H groups in total. The average molecular weight is 265 g/mol. The molecule has 6 heteroatoms. The van der Waals surface area contributed by atoms with Gasteiger partial charge in [-0.05, 0) is 24.6 Å². The summed E-state index contributed by atoms with van der Waals surface area (Å²) in [6.45, 7) is 2.05. The molecule has 0 saturated heterocycles. The zero-order valence-corrected chi connectivity index (χ0v) is 10.9. The number of nitrogens with zero attached hydrogens (tertiary/aromatic N) is 1. The van der Waals surface area contributed by atoms with Crippen molar-refractivity contribution in [3.63, 3.8) is 0 Å². The number of hydrogen-bond acceptors (Lipinski definition) is 4. The highest BCUT2D eigenvalue weighted by Gasteiger charge is 2.12. The summed E-state index contributed by atoms with van der Waals surface area (Å²) in [5.41, 5.74) is 7.01. The van der Waals surface area contributed by atoms with Crippen molar-refractivity contribution in [2.45, 2.75) is 18.2 Å². The molecule has 0 aliphatic carbocycles. The van der Waals surface area contributed by atoms with Crippen molar-refractivity contribution >= 4 is 22.4 Å². The lowest BCUT2D eigenvalue weighted by Gasteiger charge is -2.08. The summed E-state index contributed by atoms with van der Waals surface area (Å²) in [4.78, 5) is 12.0. The first-order valence-corrected chi connectivity index (χ1v) is 6.75. The summed E-state index contributed by atoms with van der Waals surface area (Å²) < 4.78 is 12.0. The summed E-state index contributed by atoms with van der Waals surface area (Å²) >= 11 is 0. The Bertz CT molecular complexity index is 509. The zero-order valence-electron chi connectivity index (χ0n) is 10.1. The first-order chi connectivity index (χ1) is 8.56. The Morgan fingerprint density at radius 2 is 2.28 bits per heavy atom. The van der Waals surface area contributed by atoms with Crippen molar-refractivity contribution in [3.05, 3.63) is 23.8 Å². The van der Waals surface area contributed by atoms with Gasteiger partial charge in [-0.1, -0.05) is 6.07 Å². The summed E-state index contributed by atoms with van der Waals surface area (Å²) in [5.74, 6) is -0.444. The quantitative estimate of drug-likeness (QED) is 0.605. The number of hydrogen-bond donors (Lipinski definition) is 2. The largest absolute Gasteiger partial charge is 0.398 e. The molecule has 0 bridgehead atoms. The van der Waals surface area contributed by atoms with Gasteiger partial charge in [-0.25, -0.2) is 0 Å². The number of nitrogens with one attached hydrogen (secondary N) is 1. The van der Waals surface area contributed by atoms with Crippen LogP contribution in [0.4, 0.5) is 5.69 Å². The minimum absolute atomic E-state index is 0.115. The van der Waals surface area contributed by atoms with Crippen molar-refractivity contribution < 1.29 is 9.00 Å². The zero-order chi connectivity index (χ0) is 13.5. The standard InChI is InChI=1S/C12H15N3O2S/c1-9-10(14)4-2-5-11(9)18(17)8-12(16)15-7-3-6-13/h2,4-5H,3,7-8,14H2,1H3,(H,15,16). The SMILES string of the molecule is Cc1c(N)cccc1S(=O)CC(=O)NCCC#N. The molecule has 1 amide bonds. The van der Waals surface area contributed by atoms with Crippen LogP contribution in [-0.4, -0.2) is 22.4 Å². The molecular weight excluding hydrogens is 250 g/mol. The van der Waals surface area contributed by atoms with Crippen LogP contribution >= 0.6 is 0 Å². The summed E-state index contributed by atoms with van der Waals surface area (Å²) in [5, 5.41) is 10.9. The number of nitriles is 1. The molecule has 0 spiro atoms. The fourth-order valence-corrected chi connectivity index (χ4v) is 2.57. The molecule has 1 atom stereocenters. The van der Waals surface area contributed by atoms with E-state index in [4.69, 9.17) is 11.0 Å². The minimum atomic E-state index is -1.42. The van der Waals surface area contributed by atoms with E-state index in [1.807, 2.05) is 6.07 Å². The Balaban J connectivity index is 2.63. The molecule has 5 nitrogen and oxygen atoms in total. The predicted octanol–water partition coefficient (Wildman–Crippen LogP) is 0.715. The fourth-order valence-electron chi connectivity index (χ4n) is 1.38. The van der Waals surface area contributed by atoms with Gasteiger partial charge in [0.05, 0.1) is 23.3 Å². The molecule has 18 heavy (non-hydrogen) atoms. The second-order valence-electron chi connectivity index (χ2n) is 3.72. The third-order valence-electron chi connectivity index (χ3n) is 2.39. The van der Waals surface area contributed by atoms with Gasteiger partial charge in [-0.15, -0.1) is 0 Å². The highest BCUT2D eigenvalue weighted by Crippen LogP contribution is 2.18. The fraction of sp³-hybridized carbons (Fsp3) is 0.333. The number of rotatable bonds is 5. The molecule has 0 aliphatic rings. The molecule has 96 valence electrons. The number of nitrogen functional groups attached to an aromatic ring is 1.